The predicted octanol–water partition coefficient (Wildman–Crippen LogP) is 1.97. The molecule has 0 radical (unpaired) electrons. The molecular weight excluding hydrogens is 290 g/mol. The molecule has 0 aliphatic heterocycles. The van der Waals surface area contributed by atoms with Crippen LogP contribution in [0.4, 0.5) is 11.9 Å². The van der Waals surface area contributed by atoms with E-state index in [1.165, 1.54) is 5.56 Å². The van der Waals surface area contributed by atoms with Gasteiger partial charge in [-0.15, -0.1) is 0 Å². The van der Waals surface area contributed by atoms with Gasteiger partial charge in [0.2, 0.25) is 17.2 Å². The third-order valence-corrected chi connectivity index (χ3v) is 2.87. The molecule has 2 rings (SSSR count). The van der Waals surface area contributed by atoms with Crippen LogP contribution < -0.4 is 10.6 Å². The Morgan fingerprint density at radius 1 is 1.10 bits per heavy atom. The molecule has 2 aromatic rings. The highest BCUT2D eigenvalue weighted by atomic mass is 35.5. The summed E-state index contributed by atoms with van der Waals surface area (Å²) in [6.45, 7) is 2.72. The van der Waals surface area contributed by atoms with Gasteiger partial charge in [-0.05, 0) is 30.5 Å². The highest BCUT2D eigenvalue weighted by Gasteiger charge is 2.05. The molecule has 0 aliphatic rings. The molecular formula is C14H18ClN5O. The molecule has 6 nitrogen and oxygen atoms in total. The van der Waals surface area contributed by atoms with Crippen molar-refractivity contribution in [2.24, 2.45) is 0 Å². The number of aliphatic hydroxyl groups is 1. The maximum Gasteiger partial charge on any atom is 0.228 e. The van der Waals surface area contributed by atoms with Crippen molar-refractivity contribution in [3.63, 3.8) is 0 Å². The summed E-state index contributed by atoms with van der Waals surface area (Å²) in [6.07, 6.45) is 0.371. The Hall–Kier alpha value is -1.92. The first-order chi connectivity index (χ1) is 10.1. The van der Waals surface area contributed by atoms with E-state index >= 15 is 0 Å². The standard InChI is InChI=1S/C14H18ClN5O/c1-10(21)9-17-14-19-12(15)18-13(20-14)16-8-7-11-5-3-2-4-6-11/h2-6,10,21H,7-9H2,1H3,(H2,16,17,18,19,20). The van der Waals surface area contributed by atoms with Gasteiger partial charge in [0, 0.05) is 13.1 Å². The van der Waals surface area contributed by atoms with Crippen LogP contribution in [-0.2, 0) is 6.42 Å². The van der Waals surface area contributed by atoms with Gasteiger partial charge in [0.25, 0.3) is 0 Å². The Bertz CT molecular complexity index is 565. The zero-order chi connectivity index (χ0) is 15.1. The molecule has 7 heteroatoms. The third kappa shape index (κ3) is 5.53. The number of benzene rings is 1. The maximum atomic E-state index is 9.24. The summed E-state index contributed by atoms with van der Waals surface area (Å²) in [4.78, 5) is 12.2. The van der Waals surface area contributed by atoms with Gasteiger partial charge < -0.3 is 15.7 Å². The first-order valence-corrected chi connectivity index (χ1v) is 7.12. The fourth-order valence-corrected chi connectivity index (χ4v) is 1.87. The van der Waals surface area contributed by atoms with Crippen LogP contribution in [-0.4, -0.2) is 39.3 Å². The second-order valence-corrected chi connectivity index (χ2v) is 4.98. The molecule has 0 saturated carbocycles. The van der Waals surface area contributed by atoms with Crippen LogP contribution in [0, 0.1) is 0 Å². The lowest BCUT2D eigenvalue weighted by molar-refractivity contribution is 0.208. The predicted molar refractivity (Wildman–Crippen MR) is 83.6 cm³/mol. The van der Waals surface area contributed by atoms with Crippen molar-refractivity contribution in [3.05, 3.63) is 41.2 Å². The molecule has 0 fully saturated rings. The minimum absolute atomic E-state index is 0.111. The molecule has 1 unspecified atom stereocenters. The average molecular weight is 308 g/mol. The van der Waals surface area contributed by atoms with E-state index in [-0.39, 0.29) is 5.28 Å². The van der Waals surface area contributed by atoms with Gasteiger partial charge >= 0.3 is 0 Å². The Morgan fingerprint density at radius 3 is 2.43 bits per heavy atom. The quantitative estimate of drug-likeness (QED) is 0.725. The number of halogens is 1. The van der Waals surface area contributed by atoms with Crippen LogP contribution in [0.5, 0.6) is 0 Å². The van der Waals surface area contributed by atoms with Crippen molar-refractivity contribution in [3.8, 4) is 0 Å². The van der Waals surface area contributed by atoms with Crippen LogP contribution in [0.1, 0.15) is 12.5 Å². The Kier molecular flexibility index (Phi) is 5.71. The van der Waals surface area contributed by atoms with E-state index in [0.29, 0.717) is 25.0 Å². The summed E-state index contributed by atoms with van der Waals surface area (Å²) in [5, 5.41) is 15.4. The third-order valence-electron chi connectivity index (χ3n) is 2.70. The van der Waals surface area contributed by atoms with Gasteiger partial charge in [0.15, 0.2) is 0 Å². The minimum Gasteiger partial charge on any atom is -0.392 e. The molecule has 1 aromatic carbocycles. The molecule has 112 valence electrons. The SMILES string of the molecule is CC(O)CNc1nc(Cl)nc(NCCc2ccccc2)n1. The van der Waals surface area contributed by atoms with Crippen molar-refractivity contribution >= 4 is 23.5 Å². The van der Waals surface area contributed by atoms with Crippen molar-refractivity contribution in [1.82, 2.24) is 15.0 Å². The molecule has 1 atom stereocenters. The summed E-state index contributed by atoms with van der Waals surface area (Å²) in [6, 6.07) is 10.1. The molecule has 0 spiro atoms. The van der Waals surface area contributed by atoms with Gasteiger partial charge in [-0.3, -0.25) is 0 Å². The van der Waals surface area contributed by atoms with Gasteiger partial charge in [-0.25, -0.2) is 0 Å². The number of hydrogen-bond acceptors (Lipinski definition) is 6. The zero-order valence-electron chi connectivity index (χ0n) is 11.8. The topological polar surface area (TPSA) is 83.0 Å². The van der Waals surface area contributed by atoms with Crippen LogP contribution in [0.25, 0.3) is 0 Å². The maximum absolute atomic E-state index is 9.24. The number of nitrogens with zero attached hydrogens (tertiary/aromatic N) is 3. The van der Waals surface area contributed by atoms with E-state index in [1.54, 1.807) is 6.92 Å². The van der Waals surface area contributed by atoms with E-state index in [2.05, 4.69) is 37.7 Å². The molecule has 1 heterocycles. The number of rotatable bonds is 7. The van der Waals surface area contributed by atoms with Crippen molar-refractivity contribution < 1.29 is 5.11 Å². The van der Waals surface area contributed by atoms with E-state index in [0.717, 1.165) is 6.42 Å². The molecule has 0 amide bonds. The zero-order valence-corrected chi connectivity index (χ0v) is 12.5. The van der Waals surface area contributed by atoms with E-state index in [9.17, 15) is 5.11 Å². The molecule has 1 aromatic heterocycles. The van der Waals surface area contributed by atoms with Crippen molar-refractivity contribution in [2.45, 2.75) is 19.4 Å². The number of nitrogens with one attached hydrogen (secondary N) is 2. The lowest BCUT2D eigenvalue weighted by Crippen LogP contribution is -2.18. The lowest BCUT2D eigenvalue weighted by atomic mass is 10.1. The summed E-state index contributed by atoms with van der Waals surface area (Å²) in [7, 11) is 0. The molecule has 21 heavy (non-hydrogen) atoms. The number of aliphatic hydroxyl groups excluding tert-OH is 1. The van der Waals surface area contributed by atoms with E-state index < -0.39 is 6.10 Å². The fourth-order valence-electron chi connectivity index (χ4n) is 1.71. The second kappa shape index (κ2) is 7.75. The molecule has 0 aliphatic carbocycles. The van der Waals surface area contributed by atoms with Gasteiger partial charge in [0.1, 0.15) is 0 Å². The first kappa shape index (κ1) is 15.5. The Labute approximate surface area is 128 Å². The van der Waals surface area contributed by atoms with Crippen LogP contribution in [0.2, 0.25) is 5.28 Å². The summed E-state index contributed by atoms with van der Waals surface area (Å²) in [5.41, 5.74) is 1.23. The van der Waals surface area contributed by atoms with Crippen molar-refractivity contribution in [2.75, 3.05) is 23.7 Å². The van der Waals surface area contributed by atoms with E-state index in [1.807, 2.05) is 18.2 Å². The highest BCUT2D eigenvalue weighted by molar-refractivity contribution is 6.28. The van der Waals surface area contributed by atoms with E-state index in [4.69, 9.17) is 11.6 Å². The highest BCUT2D eigenvalue weighted by Crippen LogP contribution is 2.10. The smallest absolute Gasteiger partial charge is 0.228 e. The van der Waals surface area contributed by atoms with Crippen LogP contribution >= 0.6 is 11.6 Å². The van der Waals surface area contributed by atoms with Crippen LogP contribution in [0.15, 0.2) is 30.3 Å². The second-order valence-electron chi connectivity index (χ2n) is 4.64. The van der Waals surface area contributed by atoms with Gasteiger partial charge in [-0.2, -0.15) is 15.0 Å². The lowest BCUT2D eigenvalue weighted by Gasteiger charge is -2.09. The Morgan fingerprint density at radius 2 is 1.76 bits per heavy atom. The van der Waals surface area contributed by atoms with Crippen molar-refractivity contribution in [1.29, 1.82) is 0 Å². The fraction of sp³-hybridized carbons (Fsp3) is 0.357. The average Bonchev–Trinajstić information content (AvgIpc) is 2.46. The minimum atomic E-state index is -0.491. The normalized spacial score (nSPS) is 12.0. The number of anilines is 2. The van der Waals surface area contributed by atoms with Crippen LogP contribution in [0.3, 0.4) is 0 Å². The number of aromatic nitrogens is 3. The summed E-state index contributed by atoms with van der Waals surface area (Å²) >= 11 is 5.86. The first-order valence-electron chi connectivity index (χ1n) is 6.75. The summed E-state index contributed by atoms with van der Waals surface area (Å²) < 4.78 is 0. The molecule has 0 bridgehead atoms. The van der Waals surface area contributed by atoms with Gasteiger partial charge in [0.05, 0.1) is 6.10 Å². The number of hydrogen-bond donors (Lipinski definition) is 3. The Balaban J connectivity index is 1.90. The summed E-state index contributed by atoms with van der Waals surface area (Å²) in [5.74, 6) is 0.761. The monoisotopic (exact) mass is 307 g/mol. The molecule has 0 saturated heterocycles. The molecule has 3 N–H and O–H groups in total. The van der Waals surface area contributed by atoms with Gasteiger partial charge in [-0.1, -0.05) is 30.3 Å². The largest absolute Gasteiger partial charge is 0.392 e.